The molecule has 1 aromatic heterocycles. The van der Waals surface area contributed by atoms with Crippen LogP contribution in [-0.2, 0) is 27.2 Å². The zero-order valence-electron chi connectivity index (χ0n) is 15.2. The van der Waals surface area contributed by atoms with E-state index < -0.39 is 5.97 Å². The van der Waals surface area contributed by atoms with Gasteiger partial charge in [0.1, 0.15) is 0 Å². The van der Waals surface area contributed by atoms with Gasteiger partial charge in [-0.15, -0.1) is 0 Å². The van der Waals surface area contributed by atoms with Crippen molar-refractivity contribution < 1.29 is 18.8 Å². The van der Waals surface area contributed by atoms with Crippen LogP contribution in [0.3, 0.4) is 0 Å². The first-order chi connectivity index (χ1) is 13.7. The Labute approximate surface area is 161 Å². The number of ether oxygens (including phenoxy) is 1. The van der Waals surface area contributed by atoms with E-state index in [1.807, 2.05) is 54.6 Å². The molecule has 0 fully saturated rings. The number of amides is 1. The van der Waals surface area contributed by atoms with Crippen molar-refractivity contribution in [2.75, 3.05) is 18.1 Å². The summed E-state index contributed by atoms with van der Waals surface area (Å²) in [5.41, 5.74) is 2.87. The van der Waals surface area contributed by atoms with Gasteiger partial charge in [0.05, 0.1) is 6.42 Å². The van der Waals surface area contributed by atoms with E-state index >= 15 is 0 Å². The van der Waals surface area contributed by atoms with Crippen LogP contribution >= 0.6 is 0 Å². The lowest BCUT2D eigenvalue weighted by Gasteiger charge is -2.17. The average molecular weight is 377 g/mol. The Morgan fingerprint density at radius 1 is 1.07 bits per heavy atom. The van der Waals surface area contributed by atoms with Crippen molar-refractivity contribution in [3.63, 3.8) is 0 Å². The smallest absolute Gasteiger partial charge is 0.306 e. The molecule has 0 saturated carbocycles. The molecular weight excluding hydrogens is 358 g/mol. The molecule has 4 rings (SSSR count). The van der Waals surface area contributed by atoms with Crippen molar-refractivity contribution in [2.45, 2.75) is 19.3 Å². The molecule has 142 valence electrons. The summed E-state index contributed by atoms with van der Waals surface area (Å²) in [4.78, 5) is 30.3. The second-order valence-electron chi connectivity index (χ2n) is 6.46. The van der Waals surface area contributed by atoms with Crippen molar-refractivity contribution in [1.29, 1.82) is 0 Å². The van der Waals surface area contributed by atoms with Crippen LogP contribution in [0, 0.1) is 0 Å². The van der Waals surface area contributed by atoms with Crippen LogP contribution in [0.4, 0.5) is 5.69 Å². The standard InChI is InChI=1S/C21H19N3O4/c25-19(24-13-12-15-6-4-5-9-17(15)24)14-27-20(26)11-10-18-22-21(23-28-18)16-7-2-1-3-8-16/h1-9H,10-14H2. The van der Waals surface area contributed by atoms with Crippen LogP contribution in [-0.4, -0.2) is 35.2 Å². The van der Waals surface area contributed by atoms with Gasteiger partial charge in [0.25, 0.3) is 5.91 Å². The van der Waals surface area contributed by atoms with Gasteiger partial charge < -0.3 is 14.2 Å². The van der Waals surface area contributed by atoms with Gasteiger partial charge in [-0.3, -0.25) is 9.59 Å². The predicted molar refractivity (Wildman–Crippen MR) is 102 cm³/mol. The van der Waals surface area contributed by atoms with E-state index in [1.165, 1.54) is 0 Å². The van der Waals surface area contributed by atoms with E-state index in [-0.39, 0.29) is 25.4 Å². The van der Waals surface area contributed by atoms with Crippen LogP contribution in [0.15, 0.2) is 59.1 Å². The highest BCUT2D eigenvalue weighted by molar-refractivity contribution is 5.97. The normalized spacial score (nSPS) is 12.6. The minimum atomic E-state index is -0.472. The van der Waals surface area contributed by atoms with Crippen molar-refractivity contribution in [2.24, 2.45) is 0 Å². The van der Waals surface area contributed by atoms with Gasteiger partial charge in [-0.25, -0.2) is 0 Å². The van der Waals surface area contributed by atoms with Gasteiger partial charge in [0.15, 0.2) is 6.61 Å². The minimum Gasteiger partial charge on any atom is -0.456 e. The van der Waals surface area contributed by atoms with Gasteiger partial charge in [-0.1, -0.05) is 53.7 Å². The lowest BCUT2D eigenvalue weighted by atomic mass is 10.2. The molecule has 0 unspecified atom stereocenters. The number of nitrogens with zero attached hydrogens (tertiary/aromatic N) is 3. The highest BCUT2D eigenvalue weighted by Crippen LogP contribution is 2.27. The summed E-state index contributed by atoms with van der Waals surface area (Å²) in [5.74, 6) is 0.144. The number of carbonyl (C=O) groups excluding carboxylic acids is 2. The van der Waals surface area contributed by atoms with E-state index in [2.05, 4.69) is 10.1 Å². The summed E-state index contributed by atoms with van der Waals surface area (Å²) in [6.45, 7) is 0.340. The molecule has 0 aliphatic carbocycles. The maximum absolute atomic E-state index is 12.4. The minimum absolute atomic E-state index is 0.0697. The van der Waals surface area contributed by atoms with E-state index in [9.17, 15) is 9.59 Å². The molecule has 0 radical (unpaired) electrons. The first-order valence-corrected chi connectivity index (χ1v) is 9.12. The van der Waals surface area contributed by atoms with Gasteiger partial charge in [0, 0.05) is 24.2 Å². The lowest BCUT2D eigenvalue weighted by Crippen LogP contribution is -2.33. The fraction of sp³-hybridized carbons (Fsp3) is 0.238. The van der Waals surface area contributed by atoms with Crippen molar-refractivity contribution >= 4 is 17.6 Å². The number of fused-ring (bicyclic) bond motifs is 1. The summed E-state index contributed by atoms with van der Waals surface area (Å²) in [6.07, 6.45) is 1.15. The first-order valence-electron chi connectivity index (χ1n) is 9.12. The SMILES string of the molecule is O=C(CCc1nc(-c2ccccc2)no1)OCC(=O)N1CCc2ccccc21. The Bertz CT molecular complexity index is 984. The molecular formula is C21H19N3O4. The maximum atomic E-state index is 12.4. The fourth-order valence-electron chi connectivity index (χ4n) is 3.16. The molecule has 28 heavy (non-hydrogen) atoms. The summed E-state index contributed by atoms with van der Waals surface area (Å²) in [7, 11) is 0. The Morgan fingerprint density at radius 2 is 1.86 bits per heavy atom. The van der Waals surface area contributed by atoms with Crippen LogP contribution in [0.5, 0.6) is 0 Å². The second kappa shape index (κ2) is 8.04. The number of rotatable bonds is 6. The Kier molecular flexibility index (Phi) is 5.14. The second-order valence-corrected chi connectivity index (χ2v) is 6.46. The number of aryl methyl sites for hydroxylation is 1. The molecule has 1 aliphatic heterocycles. The topological polar surface area (TPSA) is 85.5 Å². The van der Waals surface area contributed by atoms with Crippen LogP contribution in [0.2, 0.25) is 0 Å². The molecule has 0 bridgehead atoms. The number of carbonyl (C=O) groups is 2. The number of anilines is 1. The van der Waals surface area contributed by atoms with Gasteiger partial charge >= 0.3 is 5.97 Å². The highest BCUT2D eigenvalue weighted by Gasteiger charge is 2.24. The molecule has 0 N–H and O–H groups in total. The zero-order valence-corrected chi connectivity index (χ0v) is 15.2. The van der Waals surface area contributed by atoms with Crippen LogP contribution < -0.4 is 4.90 Å². The monoisotopic (exact) mass is 377 g/mol. The molecule has 1 aliphatic rings. The quantitative estimate of drug-likeness (QED) is 0.614. The largest absolute Gasteiger partial charge is 0.456 e. The lowest BCUT2D eigenvalue weighted by molar-refractivity contribution is -0.147. The molecule has 0 saturated heterocycles. The molecule has 1 amide bonds. The van der Waals surface area contributed by atoms with E-state index in [0.717, 1.165) is 23.2 Å². The number of hydrogen-bond acceptors (Lipinski definition) is 6. The van der Waals surface area contributed by atoms with Gasteiger partial charge in [-0.05, 0) is 18.1 Å². The third kappa shape index (κ3) is 3.93. The summed E-state index contributed by atoms with van der Waals surface area (Å²) >= 11 is 0. The molecule has 7 nitrogen and oxygen atoms in total. The summed E-state index contributed by atoms with van der Waals surface area (Å²) < 4.78 is 10.3. The predicted octanol–water partition coefficient (Wildman–Crippen LogP) is 2.80. The number of esters is 1. The molecule has 0 spiro atoms. The number of hydrogen-bond donors (Lipinski definition) is 0. The molecule has 7 heteroatoms. The fourth-order valence-corrected chi connectivity index (χ4v) is 3.16. The van der Waals surface area contributed by atoms with E-state index in [4.69, 9.17) is 9.26 Å². The number of para-hydroxylation sites is 1. The van der Waals surface area contributed by atoms with Crippen LogP contribution in [0.1, 0.15) is 17.9 Å². The van der Waals surface area contributed by atoms with Crippen molar-refractivity contribution in [1.82, 2.24) is 10.1 Å². The first kappa shape index (κ1) is 17.9. The number of benzene rings is 2. The van der Waals surface area contributed by atoms with Crippen molar-refractivity contribution in [3.05, 3.63) is 66.1 Å². The Hall–Kier alpha value is -3.48. The van der Waals surface area contributed by atoms with Gasteiger partial charge in [-0.2, -0.15) is 4.98 Å². The Morgan fingerprint density at radius 3 is 2.71 bits per heavy atom. The average Bonchev–Trinajstić information content (AvgIpc) is 3.38. The van der Waals surface area contributed by atoms with Crippen molar-refractivity contribution in [3.8, 4) is 11.4 Å². The zero-order chi connectivity index (χ0) is 19.3. The third-order valence-electron chi connectivity index (χ3n) is 4.59. The third-order valence-corrected chi connectivity index (χ3v) is 4.59. The summed E-state index contributed by atoms with van der Waals surface area (Å²) in [5, 5.41) is 3.91. The molecule has 2 aromatic carbocycles. The molecule has 3 aromatic rings. The highest BCUT2D eigenvalue weighted by atomic mass is 16.5. The maximum Gasteiger partial charge on any atom is 0.306 e. The van der Waals surface area contributed by atoms with E-state index in [1.54, 1.807) is 4.90 Å². The number of aromatic nitrogens is 2. The van der Waals surface area contributed by atoms with Gasteiger partial charge in [0.2, 0.25) is 11.7 Å². The molecule has 0 atom stereocenters. The summed E-state index contributed by atoms with van der Waals surface area (Å²) in [6, 6.07) is 17.2. The molecule has 2 heterocycles. The van der Waals surface area contributed by atoms with E-state index in [0.29, 0.717) is 18.3 Å². The van der Waals surface area contributed by atoms with Crippen LogP contribution in [0.25, 0.3) is 11.4 Å². The Balaban J connectivity index is 1.25.